The summed E-state index contributed by atoms with van der Waals surface area (Å²) >= 11 is 6.19. The average molecular weight is 249 g/mol. The van der Waals surface area contributed by atoms with Crippen LogP contribution in [0.4, 0.5) is 0 Å². The summed E-state index contributed by atoms with van der Waals surface area (Å²) in [6.45, 7) is 0. The summed E-state index contributed by atoms with van der Waals surface area (Å²) in [6, 6.07) is 7.61. The molecule has 0 saturated carbocycles. The minimum atomic E-state index is 0.668. The molecular formula is C12H13ClN4. The zero-order valence-corrected chi connectivity index (χ0v) is 10.5. The minimum Gasteiger partial charge on any atom is -0.301 e. The van der Waals surface area contributed by atoms with Gasteiger partial charge in [-0.3, -0.25) is 4.57 Å². The van der Waals surface area contributed by atoms with Gasteiger partial charge in [0, 0.05) is 32.1 Å². The Morgan fingerprint density at radius 1 is 1.35 bits per heavy atom. The predicted octanol–water partition coefficient (Wildman–Crippen LogP) is 2.31. The molecule has 0 aliphatic carbocycles. The number of rotatable bonds is 2. The molecule has 2 rings (SSSR count). The van der Waals surface area contributed by atoms with Crippen LogP contribution in [0.2, 0.25) is 5.02 Å². The highest BCUT2D eigenvalue weighted by Crippen LogP contribution is 2.17. The molecule has 5 heteroatoms. The molecule has 1 heterocycles. The first-order valence-corrected chi connectivity index (χ1v) is 5.55. The third kappa shape index (κ3) is 2.65. The van der Waals surface area contributed by atoms with Gasteiger partial charge in [0.25, 0.3) is 0 Å². The Hall–Kier alpha value is -1.81. The normalized spacial score (nSPS) is 11.6. The van der Waals surface area contributed by atoms with Crippen LogP contribution in [0.15, 0.2) is 48.1 Å². The second-order valence-electron chi connectivity index (χ2n) is 3.72. The van der Waals surface area contributed by atoms with Crippen LogP contribution in [0.5, 0.6) is 0 Å². The molecule has 2 aromatic rings. The van der Waals surface area contributed by atoms with Crippen LogP contribution < -0.4 is 0 Å². The zero-order valence-electron chi connectivity index (χ0n) is 9.71. The lowest BCUT2D eigenvalue weighted by Crippen LogP contribution is -2.17. The smallest absolute Gasteiger partial charge is 0.166 e. The maximum Gasteiger partial charge on any atom is 0.166 e. The maximum absolute atomic E-state index is 6.19. The monoisotopic (exact) mass is 248 g/mol. The SMILES string of the molecule is CN(C)N=C(c1ccccc1Cl)n1ccnc1. The summed E-state index contributed by atoms with van der Waals surface area (Å²) in [7, 11) is 3.74. The molecule has 0 atom stereocenters. The highest BCUT2D eigenvalue weighted by atomic mass is 35.5. The van der Waals surface area contributed by atoms with E-state index in [0.29, 0.717) is 5.02 Å². The largest absolute Gasteiger partial charge is 0.301 e. The van der Waals surface area contributed by atoms with Crippen LogP contribution in [-0.4, -0.2) is 34.5 Å². The molecule has 1 aromatic heterocycles. The first-order chi connectivity index (χ1) is 8.18. The Kier molecular flexibility index (Phi) is 3.44. The van der Waals surface area contributed by atoms with Crippen molar-refractivity contribution in [2.45, 2.75) is 0 Å². The van der Waals surface area contributed by atoms with Gasteiger partial charge in [0.2, 0.25) is 0 Å². The van der Waals surface area contributed by atoms with E-state index < -0.39 is 0 Å². The molecule has 4 nitrogen and oxygen atoms in total. The van der Waals surface area contributed by atoms with E-state index in [4.69, 9.17) is 11.6 Å². The molecule has 0 radical (unpaired) electrons. The number of hydrogen-bond acceptors (Lipinski definition) is 3. The van der Waals surface area contributed by atoms with Crippen LogP contribution in [0, 0.1) is 0 Å². The molecule has 0 amide bonds. The van der Waals surface area contributed by atoms with Gasteiger partial charge in [0.05, 0.1) is 5.02 Å². The molecule has 17 heavy (non-hydrogen) atoms. The highest BCUT2D eigenvalue weighted by molar-refractivity contribution is 6.34. The van der Waals surface area contributed by atoms with E-state index >= 15 is 0 Å². The molecule has 88 valence electrons. The summed E-state index contributed by atoms with van der Waals surface area (Å²) < 4.78 is 1.83. The van der Waals surface area contributed by atoms with Crippen LogP contribution in [0.3, 0.4) is 0 Å². The fourth-order valence-corrected chi connectivity index (χ4v) is 1.68. The van der Waals surface area contributed by atoms with E-state index in [-0.39, 0.29) is 0 Å². The van der Waals surface area contributed by atoms with E-state index in [9.17, 15) is 0 Å². The average Bonchev–Trinajstić information content (AvgIpc) is 2.80. The van der Waals surface area contributed by atoms with Crippen LogP contribution in [0.25, 0.3) is 0 Å². The number of hydrogen-bond donors (Lipinski definition) is 0. The number of imidazole rings is 1. The van der Waals surface area contributed by atoms with Gasteiger partial charge in [0.15, 0.2) is 5.84 Å². The number of hydrazone groups is 1. The van der Waals surface area contributed by atoms with Gasteiger partial charge in [-0.15, -0.1) is 0 Å². The van der Waals surface area contributed by atoms with Gasteiger partial charge >= 0.3 is 0 Å². The molecule has 0 bridgehead atoms. The van der Waals surface area contributed by atoms with Gasteiger partial charge < -0.3 is 5.01 Å². The van der Waals surface area contributed by atoms with Crippen molar-refractivity contribution in [3.63, 3.8) is 0 Å². The van der Waals surface area contributed by atoms with Crippen molar-refractivity contribution >= 4 is 17.4 Å². The Bertz CT molecular complexity index is 517. The molecule has 0 fully saturated rings. The van der Waals surface area contributed by atoms with Crippen molar-refractivity contribution in [3.05, 3.63) is 53.6 Å². The fraction of sp³-hybridized carbons (Fsp3) is 0.167. The molecular weight excluding hydrogens is 236 g/mol. The first kappa shape index (κ1) is 11.7. The van der Waals surface area contributed by atoms with E-state index in [2.05, 4.69) is 10.1 Å². The fourth-order valence-electron chi connectivity index (χ4n) is 1.46. The van der Waals surface area contributed by atoms with Gasteiger partial charge in [-0.05, 0) is 12.1 Å². The summed E-state index contributed by atoms with van der Waals surface area (Å²) in [4.78, 5) is 4.03. The zero-order chi connectivity index (χ0) is 12.3. The van der Waals surface area contributed by atoms with Gasteiger partial charge in [-0.2, -0.15) is 5.10 Å². The Morgan fingerprint density at radius 3 is 2.71 bits per heavy atom. The van der Waals surface area contributed by atoms with Crippen LogP contribution in [0.1, 0.15) is 5.56 Å². The number of aromatic nitrogens is 2. The number of nitrogens with zero attached hydrogens (tertiary/aromatic N) is 4. The number of halogens is 1. The van der Waals surface area contributed by atoms with E-state index in [0.717, 1.165) is 11.4 Å². The molecule has 1 aromatic carbocycles. The van der Waals surface area contributed by atoms with Crippen molar-refractivity contribution in [3.8, 4) is 0 Å². The summed E-state index contributed by atoms with van der Waals surface area (Å²) in [6.07, 6.45) is 5.25. The third-order valence-corrected chi connectivity index (χ3v) is 2.49. The summed E-state index contributed by atoms with van der Waals surface area (Å²) in [5, 5.41) is 6.84. The molecule has 0 aliphatic rings. The predicted molar refractivity (Wildman–Crippen MR) is 69.3 cm³/mol. The van der Waals surface area contributed by atoms with Crippen molar-refractivity contribution < 1.29 is 0 Å². The quantitative estimate of drug-likeness (QED) is 0.464. The topological polar surface area (TPSA) is 33.4 Å². The maximum atomic E-state index is 6.19. The van der Waals surface area contributed by atoms with Crippen LogP contribution in [-0.2, 0) is 0 Å². The van der Waals surface area contributed by atoms with Crippen LogP contribution >= 0.6 is 11.6 Å². The highest BCUT2D eigenvalue weighted by Gasteiger charge is 2.10. The van der Waals surface area contributed by atoms with Gasteiger partial charge in [0.1, 0.15) is 6.33 Å². The lowest BCUT2D eigenvalue weighted by Gasteiger charge is -2.12. The van der Waals surface area contributed by atoms with E-state index in [1.54, 1.807) is 17.5 Å². The second kappa shape index (κ2) is 5.01. The van der Waals surface area contributed by atoms with Crippen molar-refractivity contribution in [2.75, 3.05) is 14.1 Å². The second-order valence-corrected chi connectivity index (χ2v) is 4.13. The molecule has 0 aliphatic heterocycles. The van der Waals surface area contributed by atoms with Crippen molar-refractivity contribution in [1.82, 2.24) is 14.6 Å². The lowest BCUT2D eigenvalue weighted by atomic mass is 10.2. The summed E-state index contributed by atoms with van der Waals surface area (Å²) in [5.74, 6) is 0.748. The van der Waals surface area contributed by atoms with Crippen molar-refractivity contribution in [2.24, 2.45) is 5.10 Å². The third-order valence-electron chi connectivity index (χ3n) is 2.16. The van der Waals surface area contributed by atoms with Gasteiger partial charge in [-0.1, -0.05) is 23.7 Å². The molecule has 0 spiro atoms. The minimum absolute atomic E-state index is 0.668. The van der Waals surface area contributed by atoms with E-state index in [1.165, 1.54) is 0 Å². The Morgan fingerprint density at radius 2 is 2.12 bits per heavy atom. The van der Waals surface area contributed by atoms with Crippen molar-refractivity contribution in [1.29, 1.82) is 0 Å². The first-order valence-electron chi connectivity index (χ1n) is 5.17. The van der Waals surface area contributed by atoms with E-state index in [1.807, 2.05) is 49.1 Å². The number of benzene rings is 1. The lowest BCUT2D eigenvalue weighted by molar-refractivity contribution is 0.435. The summed E-state index contributed by atoms with van der Waals surface area (Å²) in [5.41, 5.74) is 0.876. The molecule has 0 N–H and O–H groups in total. The molecule has 0 saturated heterocycles. The Balaban J connectivity index is 2.53. The Labute approximate surface area is 105 Å². The van der Waals surface area contributed by atoms with Gasteiger partial charge in [-0.25, -0.2) is 4.98 Å². The molecule has 0 unspecified atom stereocenters. The standard InChI is InChI=1S/C12H13ClN4/c1-16(2)15-12(17-8-7-14-9-17)10-5-3-4-6-11(10)13/h3-9H,1-2H3.